The summed E-state index contributed by atoms with van der Waals surface area (Å²) in [7, 11) is 0. The van der Waals surface area contributed by atoms with E-state index in [0.29, 0.717) is 29.6 Å². The largest absolute Gasteiger partial charge is 0.477 e. The Labute approximate surface area is 127 Å². The molecule has 2 N–H and O–H groups in total. The van der Waals surface area contributed by atoms with E-state index in [1.165, 1.54) is 25.3 Å². The van der Waals surface area contributed by atoms with Crippen LogP contribution in [0.25, 0.3) is 0 Å². The number of aromatic carboxylic acids is 1. The lowest BCUT2D eigenvalue weighted by Gasteiger charge is -2.32. The first-order valence-electron chi connectivity index (χ1n) is 7.76. The summed E-state index contributed by atoms with van der Waals surface area (Å²) in [6.07, 6.45) is 3.60. The molecule has 0 aliphatic heterocycles. The number of halogens is 2. The molecule has 0 radical (unpaired) electrons. The molecule has 0 saturated heterocycles. The highest BCUT2D eigenvalue weighted by Gasteiger charge is 2.42. The summed E-state index contributed by atoms with van der Waals surface area (Å²) in [5, 5.41) is 12.5. The molecule has 120 valence electrons. The van der Waals surface area contributed by atoms with Crippen molar-refractivity contribution >= 4 is 5.97 Å². The van der Waals surface area contributed by atoms with E-state index in [0.717, 1.165) is 0 Å². The molecule has 3 rings (SSSR count). The summed E-state index contributed by atoms with van der Waals surface area (Å²) in [6, 6.07) is 1.75. The molecule has 1 saturated carbocycles. The van der Waals surface area contributed by atoms with Crippen molar-refractivity contribution in [3.8, 4) is 0 Å². The predicted molar refractivity (Wildman–Crippen MR) is 77.1 cm³/mol. The third-order valence-electron chi connectivity index (χ3n) is 4.94. The zero-order chi connectivity index (χ0) is 15.9. The quantitative estimate of drug-likeness (QED) is 0.877. The molecule has 1 aromatic heterocycles. The standard InChI is InChI=1S/C16H20F2N2O2/c1-9(10-3-2-4-10)19-8-11-7-13(15(21)22)20-14-12(11)5-6-16(14,17)18/h7,9-10,19H,2-6,8H2,1H3,(H,21,22)/t9-/m0/s1. The number of pyridine rings is 1. The Morgan fingerprint density at radius 1 is 1.55 bits per heavy atom. The second kappa shape index (κ2) is 5.57. The van der Waals surface area contributed by atoms with Crippen molar-refractivity contribution in [2.45, 2.75) is 57.5 Å². The molecule has 1 atom stereocenters. The van der Waals surface area contributed by atoms with E-state index >= 15 is 0 Å². The van der Waals surface area contributed by atoms with Gasteiger partial charge in [0.05, 0.1) is 0 Å². The van der Waals surface area contributed by atoms with E-state index in [-0.39, 0.29) is 24.2 Å². The monoisotopic (exact) mass is 310 g/mol. The molecule has 0 spiro atoms. The SMILES string of the molecule is C[C@H](NCc1cc(C(=O)O)nc2c1CCC2(F)F)C1CCC1. The number of aromatic nitrogens is 1. The molecule has 6 heteroatoms. The molecule has 0 unspecified atom stereocenters. The molecule has 0 amide bonds. The Kier molecular flexibility index (Phi) is 3.89. The maximum Gasteiger partial charge on any atom is 0.354 e. The van der Waals surface area contributed by atoms with E-state index in [4.69, 9.17) is 5.11 Å². The minimum Gasteiger partial charge on any atom is -0.477 e. The number of rotatable bonds is 5. The normalized spacial score (nSPS) is 21.2. The minimum atomic E-state index is -3.02. The highest BCUT2D eigenvalue weighted by Crippen LogP contribution is 2.42. The Hall–Kier alpha value is -1.56. The average Bonchev–Trinajstić information content (AvgIpc) is 2.70. The maximum absolute atomic E-state index is 13.9. The van der Waals surface area contributed by atoms with Crippen molar-refractivity contribution in [2.75, 3.05) is 0 Å². The molecule has 0 aromatic carbocycles. The van der Waals surface area contributed by atoms with Gasteiger partial charge in [0.25, 0.3) is 5.92 Å². The number of carboxylic acid groups (broad SMARTS) is 1. The summed E-state index contributed by atoms with van der Waals surface area (Å²) in [5.41, 5.74) is 0.517. The zero-order valence-corrected chi connectivity index (χ0v) is 12.5. The Morgan fingerprint density at radius 2 is 2.27 bits per heavy atom. The molecule has 2 aliphatic carbocycles. The van der Waals surface area contributed by atoms with E-state index in [1.807, 2.05) is 0 Å². The molecule has 22 heavy (non-hydrogen) atoms. The summed E-state index contributed by atoms with van der Waals surface area (Å²) in [5.74, 6) is -3.65. The first-order valence-corrected chi connectivity index (χ1v) is 7.76. The Bertz CT molecular complexity index is 600. The van der Waals surface area contributed by atoms with Crippen LogP contribution in [-0.2, 0) is 18.9 Å². The van der Waals surface area contributed by atoms with Crippen molar-refractivity contribution in [1.82, 2.24) is 10.3 Å². The lowest BCUT2D eigenvalue weighted by molar-refractivity contribution is -0.00609. The van der Waals surface area contributed by atoms with Gasteiger partial charge in [-0.05, 0) is 49.3 Å². The predicted octanol–water partition coefficient (Wildman–Crippen LogP) is 3.10. The van der Waals surface area contributed by atoms with Crippen LogP contribution in [-0.4, -0.2) is 22.1 Å². The fourth-order valence-electron chi connectivity index (χ4n) is 3.25. The average molecular weight is 310 g/mol. The van der Waals surface area contributed by atoms with Crippen LogP contribution in [0.3, 0.4) is 0 Å². The number of nitrogens with one attached hydrogen (secondary N) is 1. The van der Waals surface area contributed by atoms with Crippen molar-refractivity contribution < 1.29 is 18.7 Å². The summed E-state index contributed by atoms with van der Waals surface area (Å²) < 4.78 is 27.8. The fraction of sp³-hybridized carbons (Fsp3) is 0.625. The molecule has 4 nitrogen and oxygen atoms in total. The molecule has 1 fully saturated rings. The minimum absolute atomic E-state index is 0.254. The van der Waals surface area contributed by atoms with Gasteiger partial charge in [-0.25, -0.2) is 9.78 Å². The third-order valence-corrected chi connectivity index (χ3v) is 4.94. The highest BCUT2D eigenvalue weighted by atomic mass is 19.3. The van der Waals surface area contributed by atoms with Gasteiger partial charge in [0.15, 0.2) is 0 Å². The Morgan fingerprint density at radius 3 is 2.86 bits per heavy atom. The lowest BCUT2D eigenvalue weighted by atomic mass is 9.80. The van der Waals surface area contributed by atoms with Crippen molar-refractivity contribution in [3.05, 3.63) is 28.6 Å². The number of alkyl halides is 2. The van der Waals surface area contributed by atoms with Crippen molar-refractivity contribution in [3.63, 3.8) is 0 Å². The second-order valence-electron chi connectivity index (χ2n) is 6.36. The van der Waals surface area contributed by atoms with Crippen LogP contribution in [0.15, 0.2) is 6.07 Å². The first-order chi connectivity index (χ1) is 10.4. The van der Waals surface area contributed by atoms with Crippen LogP contribution in [0.1, 0.15) is 59.9 Å². The smallest absolute Gasteiger partial charge is 0.354 e. The summed E-state index contributed by atoms with van der Waals surface area (Å²) in [4.78, 5) is 14.8. The van der Waals surface area contributed by atoms with Gasteiger partial charge in [0.2, 0.25) is 0 Å². The number of carbonyl (C=O) groups is 1. The van der Waals surface area contributed by atoms with Crippen molar-refractivity contribution in [1.29, 1.82) is 0 Å². The number of nitrogens with zero attached hydrogens (tertiary/aromatic N) is 1. The first kappa shape index (κ1) is 15.3. The van der Waals surface area contributed by atoms with Gasteiger partial charge in [0, 0.05) is 19.0 Å². The van der Waals surface area contributed by atoms with Crippen LogP contribution in [0.5, 0.6) is 0 Å². The topological polar surface area (TPSA) is 62.2 Å². The van der Waals surface area contributed by atoms with Gasteiger partial charge >= 0.3 is 5.97 Å². The number of hydrogen-bond acceptors (Lipinski definition) is 3. The van der Waals surface area contributed by atoms with E-state index < -0.39 is 11.9 Å². The fourth-order valence-corrected chi connectivity index (χ4v) is 3.25. The number of hydrogen-bond donors (Lipinski definition) is 2. The molecular formula is C16H20F2N2O2. The molecule has 1 heterocycles. The molecule has 0 bridgehead atoms. The zero-order valence-electron chi connectivity index (χ0n) is 12.5. The molecule has 2 aliphatic rings. The van der Waals surface area contributed by atoms with Gasteiger partial charge in [0.1, 0.15) is 11.4 Å². The van der Waals surface area contributed by atoms with E-state index in [9.17, 15) is 13.6 Å². The van der Waals surface area contributed by atoms with Gasteiger partial charge in [-0.3, -0.25) is 0 Å². The third kappa shape index (κ3) is 2.72. The van der Waals surface area contributed by atoms with Gasteiger partial charge < -0.3 is 10.4 Å². The van der Waals surface area contributed by atoms with Crippen LogP contribution >= 0.6 is 0 Å². The second-order valence-corrected chi connectivity index (χ2v) is 6.36. The van der Waals surface area contributed by atoms with Gasteiger partial charge in [-0.1, -0.05) is 6.42 Å². The van der Waals surface area contributed by atoms with Crippen molar-refractivity contribution in [2.24, 2.45) is 5.92 Å². The van der Waals surface area contributed by atoms with E-state index in [2.05, 4.69) is 17.2 Å². The highest BCUT2D eigenvalue weighted by molar-refractivity contribution is 5.85. The van der Waals surface area contributed by atoms with Crippen LogP contribution in [0.2, 0.25) is 0 Å². The Balaban J connectivity index is 1.85. The van der Waals surface area contributed by atoms with Crippen LogP contribution in [0.4, 0.5) is 8.78 Å². The molecule has 1 aromatic rings. The number of fused-ring (bicyclic) bond motifs is 1. The number of carboxylic acids is 1. The van der Waals surface area contributed by atoms with Crippen LogP contribution < -0.4 is 5.32 Å². The maximum atomic E-state index is 13.9. The summed E-state index contributed by atoms with van der Waals surface area (Å²) in [6.45, 7) is 2.51. The van der Waals surface area contributed by atoms with Gasteiger partial charge in [-0.2, -0.15) is 8.78 Å². The molecular weight excluding hydrogens is 290 g/mol. The van der Waals surface area contributed by atoms with Crippen LogP contribution in [0, 0.1) is 5.92 Å². The summed E-state index contributed by atoms with van der Waals surface area (Å²) >= 11 is 0. The van der Waals surface area contributed by atoms with E-state index in [1.54, 1.807) is 0 Å². The lowest BCUT2D eigenvalue weighted by Crippen LogP contribution is -2.36. The van der Waals surface area contributed by atoms with Gasteiger partial charge in [-0.15, -0.1) is 0 Å².